The molecule has 0 fully saturated rings. The lowest BCUT2D eigenvalue weighted by molar-refractivity contribution is 0.162. The van der Waals surface area contributed by atoms with Crippen molar-refractivity contribution in [3.8, 4) is 0 Å². The van der Waals surface area contributed by atoms with Gasteiger partial charge in [-0.25, -0.2) is 9.97 Å². The topological polar surface area (TPSA) is 71.2 Å². The fraction of sp³-hybridized carbons (Fsp3) is 0.143. The minimum absolute atomic E-state index is 0.294. The smallest absolute Gasteiger partial charge is 0.137 e. The first kappa shape index (κ1) is 12.9. The Morgan fingerprint density at radius 1 is 1.30 bits per heavy atom. The second kappa shape index (κ2) is 5.48. The van der Waals surface area contributed by atoms with Gasteiger partial charge >= 0.3 is 0 Å². The number of aliphatic hydroxyl groups is 1. The molecule has 0 aliphatic rings. The predicted molar refractivity (Wildman–Crippen MR) is 76.7 cm³/mol. The molecule has 20 heavy (non-hydrogen) atoms. The van der Waals surface area contributed by atoms with Crippen molar-refractivity contribution >= 4 is 28.3 Å². The maximum atomic E-state index is 9.97. The summed E-state index contributed by atoms with van der Waals surface area (Å²) in [6.07, 6.45) is 2.25. The Morgan fingerprint density at radius 3 is 3.00 bits per heavy atom. The van der Waals surface area contributed by atoms with Gasteiger partial charge in [-0.05, 0) is 30.3 Å². The van der Waals surface area contributed by atoms with E-state index in [4.69, 9.17) is 16.0 Å². The van der Waals surface area contributed by atoms with Crippen molar-refractivity contribution in [1.29, 1.82) is 0 Å². The molecule has 6 heteroatoms. The van der Waals surface area contributed by atoms with Crippen LogP contribution in [0.3, 0.4) is 0 Å². The Morgan fingerprint density at radius 2 is 2.20 bits per heavy atom. The number of rotatable bonds is 4. The molecule has 2 N–H and O–H groups in total. The summed E-state index contributed by atoms with van der Waals surface area (Å²) in [6.45, 7) is 0.294. The molecule has 5 nitrogen and oxygen atoms in total. The van der Waals surface area contributed by atoms with Crippen molar-refractivity contribution in [2.75, 3.05) is 11.9 Å². The molecule has 3 rings (SSSR count). The summed E-state index contributed by atoms with van der Waals surface area (Å²) in [4.78, 5) is 8.35. The molecule has 3 aromatic rings. The van der Waals surface area contributed by atoms with E-state index in [-0.39, 0.29) is 0 Å². The molecule has 0 spiro atoms. The standard InChI is InChI=1S/C14H12ClN3O2/c15-9-3-4-10-11(6-9)17-8-18-14(10)16-7-12(19)13-2-1-5-20-13/h1-6,8,12,19H,7H2,(H,16,17,18). The van der Waals surface area contributed by atoms with E-state index in [0.29, 0.717) is 23.1 Å². The van der Waals surface area contributed by atoms with Gasteiger partial charge in [0.1, 0.15) is 24.0 Å². The highest BCUT2D eigenvalue weighted by atomic mass is 35.5. The SMILES string of the molecule is OC(CNc1ncnc2cc(Cl)ccc12)c1ccco1. The van der Waals surface area contributed by atoms with Gasteiger partial charge in [0.15, 0.2) is 0 Å². The number of nitrogens with zero attached hydrogens (tertiary/aromatic N) is 2. The highest BCUT2D eigenvalue weighted by molar-refractivity contribution is 6.31. The zero-order valence-electron chi connectivity index (χ0n) is 10.5. The average molecular weight is 290 g/mol. The van der Waals surface area contributed by atoms with Crippen molar-refractivity contribution < 1.29 is 9.52 Å². The molecule has 102 valence electrons. The Balaban J connectivity index is 1.81. The van der Waals surface area contributed by atoms with Crippen LogP contribution in [0.25, 0.3) is 10.9 Å². The minimum Gasteiger partial charge on any atom is -0.467 e. The van der Waals surface area contributed by atoms with E-state index in [9.17, 15) is 5.11 Å². The molecule has 0 bridgehead atoms. The summed E-state index contributed by atoms with van der Waals surface area (Å²) < 4.78 is 5.15. The molecule has 0 aliphatic carbocycles. The molecule has 2 heterocycles. The number of aromatic nitrogens is 2. The number of furan rings is 1. The number of hydrogen-bond donors (Lipinski definition) is 2. The van der Waals surface area contributed by atoms with Crippen LogP contribution < -0.4 is 5.32 Å². The maximum absolute atomic E-state index is 9.97. The van der Waals surface area contributed by atoms with Crippen LogP contribution >= 0.6 is 11.6 Å². The van der Waals surface area contributed by atoms with Gasteiger partial charge < -0.3 is 14.8 Å². The lowest BCUT2D eigenvalue weighted by Gasteiger charge is -2.11. The van der Waals surface area contributed by atoms with Crippen LogP contribution in [0.5, 0.6) is 0 Å². The molecule has 1 atom stereocenters. The average Bonchev–Trinajstić information content (AvgIpc) is 2.98. The van der Waals surface area contributed by atoms with Crippen LogP contribution in [0.15, 0.2) is 47.3 Å². The van der Waals surface area contributed by atoms with Crippen LogP contribution in [0.1, 0.15) is 11.9 Å². The molecule has 2 aromatic heterocycles. The van der Waals surface area contributed by atoms with Crippen LogP contribution in [0, 0.1) is 0 Å². The van der Waals surface area contributed by atoms with Gasteiger partial charge in [0, 0.05) is 17.0 Å². The number of fused-ring (bicyclic) bond motifs is 1. The molecule has 1 unspecified atom stereocenters. The van der Waals surface area contributed by atoms with E-state index in [1.54, 1.807) is 24.3 Å². The molecule has 1 aromatic carbocycles. The predicted octanol–water partition coefficient (Wildman–Crippen LogP) is 3.02. The van der Waals surface area contributed by atoms with Gasteiger partial charge in [0.2, 0.25) is 0 Å². The third-order valence-electron chi connectivity index (χ3n) is 2.93. The van der Waals surface area contributed by atoms with E-state index in [2.05, 4.69) is 15.3 Å². The third kappa shape index (κ3) is 2.59. The van der Waals surface area contributed by atoms with Gasteiger partial charge in [0.05, 0.1) is 11.8 Å². The summed E-state index contributed by atoms with van der Waals surface area (Å²) >= 11 is 5.93. The van der Waals surface area contributed by atoms with E-state index in [1.807, 2.05) is 6.07 Å². The van der Waals surface area contributed by atoms with Crippen LogP contribution in [0.4, 0.5) is 5.82 Å². The van der Waals surface area contributed by atoms with Crippen molar-refractivity contribution in [3.63, 3.8) is 0 Å². The fourth-order valence-electron chi connectivity index (χ4n) is 1.95. The van der Waals surface area contributed by atoms with E-state index in [0.717, 1.165) is 10.9 Å². The number of aliphatic hydroxyl groups excluding tert-OH is 1. The Kier molecular flexibility index (Phi) is 3.54. The fourth-order valence-corrected chi connectivity index (χ4v) is 2.11. The van der Waals surface area contributed by atoms with Gasteiger partial charge in [0.25, 0.3) is 0 Å². The first-order chi connectivity index (χ1) is 9.74. The zero-order chi connectivity index (χ0) is 13.9. The quantitative estimate of drug-likeness (QED) is 0.772. The van der Waals surface area contributed by atoms with Gasteiger partial charge in [-0.2, -0.15) is 0 Å². The van der Waals surface area contributed by atoms with Gasteiger partial charge in [-0.1, -0.05) is 11.6 Å². The largest absolute Gasteiger partial charge is 0.467 e. The van der Waals surface area contributed by atoms with Crippen LogP contribution in [0.2, 0.25) is 5.02 Å². The lowest BCUT2D eigenvalue weighted by atomic mass is 10.2. The van der Waals surface area contributed by atoms with Crippen molar-refractivity contribution in [3.05, 3.63) is 53.7 Å². The molecule has 0 radical (unpaired) electrons. The van der Waals surface area contributed by atoms with Crippen molar-refractivity contribution in [2.24, 2.45) is 0 Å². The first-order valence-corrected chi connectivity index (χ1v) is 6.47. The van der Waals surface area contributed by atoms with E-state index < -0.39 is 6.10 Å². The number of nitrogens with one attached hydrogen (secondary N) is 1. The number of benzene rings is 1. The molecule has 0 saturated carbocycles. The first-order valence-electron chi connectivity index (χ1n) is 6.09. The Hall–Kier alpha value is -2.11. The number of anilines is 1. The molecule has 0 saturated heterocycles. The Labute approximate surface area is 120 Å². The normalized spacial score (nSPS) is 12.5. The summed E-state index contributed by atoms with van der Waals surface area (Å²) in [5.74, 6) is 1.16. The molecular weight excluding hydrogens is 278 g/mol. The summed E-state index contributed by atoms with van der Waals surface area (Å²) in [6, 6.07) is 8.86. The monoisotopic (exact) mass is 289 g/mol. The number of hydrogen-bond acceptors (Lipinski definition) is 5. The highest BCUT2D eigenvalue weighted by Gasteiger charge is 2.11. The van der Waals surface area contributed by atoms with Crippen LogP contribution in [-0.2, 0) is 0 Å². The summed E-state index contributed by atoms with van der Waals surface area (Å²) in [5, 5.41) is 14.5. The second-order valence-electron chi connectivity index (χ2n) is 4.30. The highest BCUT2D eigenvalue weighted by Crippen LogP contribution is 2.23. The summed E-state index contributed by atoms with van der Waals surface area (Å²) in [7, 11) is 0. The molecule has 0 aliphatic heterocycles. The zero-order valence-corrected chi connectivity index (χ0v) is 11.2. The third-order valence-corrected chi connectivity index (χ3v) is 3.17. The van der Waals surface area contributed by atoms with Crippen LogP contribution in [-0.4, -0.2) is 21.6 Å². The Bertz CT molecular complexity index is 716. The van der Waals surface area contributed by atoms with Gasteiger partial charge in [-0.3, -0.25) is 0 Å². The van der Waals surface area contributed by atoms with Gasteiger partial charge in [-0.15, -0.1) is 0 Å². The lowest BCUT2D eigenvalue weighted by Crippen LogP contribution is -2.12. The maximum Gasteiger partial charge on any atom is 0.137 e. The second-order valence-corrected chi connectivity index (χ2v) is 4.73. The molecular formula is C14H12ClN3O2. The van der Waals surface area contributed by atoms with E-state index >= 15 is 0 Å². The summed E-state index contributed by atoms with van der Waals surface area (Å²) in [5.41, 5.74) is 0.752. The van der Waals surface area contributed by atoms with Crippen molar-refractivity contribution in [1.82, 2.24) is 9.97 Å². The molecule has 0 amide bonds. The van der Waals surface area contributed by atoms with E-state index in [1.165, 1.54) is 12.6 Å². The number of halogens is 1. The minimum atomic E-state index is -0.734. The van der Waals surface area contributed by atoms with Crippen molar-refractivity contribution in [2.45, 2.75) is 6.10 Å².